The van der Waals surface area contributed by atoms with Gasteiger partial charge in [-0.1, -0.05) is 30.3 Å². The van der Waals surface area contributed by atoms with Gasteiger partial charge in [0.25, 0.3) is 5.91 Å². The molecule has 3 aromatic rings. The minimum absolute atomic E-state index is 0.149. The number of nitrogens with zero attached hydrogens (tertiary/aromatic N) is 3. The van der Waals surface area contributed by atoms with Crippen LogP contribution in [0.5, 0.6) is 0 Å². The van der Waals surface area contributed by atoms with Gasteiger partial charge in [-0.05, 0) is 43.5 Å². The zero-order chi connectivity index (χ0) is 23.1. The Kier molecular flexibility index (Phi) is 5.48. The Hall–Kier alpha value is -3.48. The zero-order valence-electron chi connectivity index (χ0n) is 18.4. The van der Waals surface area contributed by atoms with Crippen molar-refractivity contribution in [2.75, 3.05) is 26.2 Å². The lowest BCUT2D eigenvalue weighted by Gasteiger charge is -2.35. The van der Waals surface area contributed by atoms with Gasteiger partial charge in [0.05, 0.1) is 16.9 Å². The molecule has 0 N–H and O–H groups in total. The van der Waals surface area contributed by atoms with Crippen molar-refractivity contribution < 1.29 is 18.4 Å². The van der Waals surface area contributed by atoms with Crippen molar-refractivity contribution in [1.82, 2.24) is 14.4 Å². The molecule has 1 aliphatic heterocycles. The van der Waals surface area contributed by atoms with Gasteiger partial charge in [0.15, 0.2) is 0 Å². The molecule has 5 rings (SSSR count). The Morgan fingerprint density at radius 3 is 2.18 bits per heavy atom. The second kappa shape index (κ2) is 8.46. The number of halogens is 2. The average molecular weight is 450 g/mol. The van der Waals surface area contributed by atoms with Gasteiger partial charge in [-0.2, -0.15) is 0 Å². The molecule has 2 aliphatic rings. The lowest BCUT2D eigenvalue weighted by Crippen LogP contribution is -2.51. The number of carbonyl (C=O) groups excluding carboxylic acids is 2. The Labute approximate surface area is 191 Å². The fourth-order valence-corrected chi connectivity index (χ4v) is 4.51. The van der Waals surface area contributed by atoms with Gasteiger partial charge in [0, 0.05) is 43.9 Å². The number of hydrogen-bond acceptors (Lipinski definition) is 2. The van der Waals surface area contributed by atoms with Crippen LogP contribution in [0, 0.1) is 24.5 Å². The van der Waals surface area contributed by atoms with E-state index in [0.29, 0.717) is 43.1 Å². The number of aromatic nitrogens is 1. The van der Waals surface area contributed by atoms with Crippen LogP contribution in [0.25, 0.3) is 16.9 Å². The molecule has 5 nitrogen and oxygen atoms in total. The molecule has 0 atom stereocenters. The Morgan fingerprint density at radius 1 is 0.879 bits per heavy atom. The van der Waals surface area contributed by atoms with Crippen LogP contribution in [0.3, 0.4) is 0 Å². The van der Waals surface area contributed by atoms with Gasteiger partial charge in [-0.15, -0.1) is 0 Å². The summed E-state index contributed by atoms with van der Waals surface area (Å²) in [5.41, 5.74) is 2.72. The number of rotatable bonds is 4. The predicted octanol–water partition coefficient (Wildman–Crippen LogP) is 4.43. The summed E-state index contributed by atoms with van der Waals surface area (Å²) in [6.45, 7) is 3.76. The molecule has 33 heavy (non-hydrogen) atoms. The van der Waals surface area contributed by atoms with Crippen molar-refractivity contribution in [2.24, 2.45) is 5.92 Å². The van der Waals surface area contributed by atoms with Gasteiger partial charge in [-0.25, -0.2) is 8.78 Å². The van der Waals surface area contributed by atoms with Gasteiger partial charge >= 0.3 is 0 Å². The van der Waals surface area contributed by atoms with E-state index in [0.717, 1.165) is 24.5 Å². The summed E-state index contributed by atoms with van der Waals surface area (Å²) in [7, 11) is 0. The third kappa shape index (κ3) is 4.03. The number of amides is 2. The fraction of sp³-hybridized carbons (Fsp3) is 0.308. The van der Waals surface area contributed by atoms with E-state index in [-0.39, 0.29) is 23.4 Å². The van der Waals surface area contributed by atoms with Crippen LogP contribution in [-0.2, 0) is 4.79 Å². The monoisotopic (exact) mass is 449 g/mol. The van der Waals surface area contributed by atoms with Crippen LogP contribution in [-0.4, -0.2) is 52.4 Å². The topological polar surface area (TPSA) is 45.6 Å². The highest BCUT2D eigenvalue weighted by Gasteiger charge is 2.35. The first-order chi connectivity index (χ1) is 15.9. The van der Waals surface area contributed by atoms with Crippen LogP contribution in [0.2, 0.25) is 0 Å². The summed E-state index contributed by atoms with van der Waals surface area (Å²) in [4.78, 5) is 29.4. The first-order valence-electron chi connectivity index (χ1n) is 11.3. The molecular formula is C26H25F2N3O2. The molecule has 0 spiro atoms. The summed E-state index contributed by atoms with van der Waals surface area (Å²) in [6.07, 6.45) is 1.93. The maximum atomic E-state index is 14.8. The third-order valence-electron chi connectivity index (χ3n) is 6.50. The van der Waals surface area contributed by atoms with Gasteiger partial charge in [0.2, 0.25) is 5.91 Å². The van der Waals surface area contributed by atoms with Gasteiger partial charge in [0.1, 0.15) is 11.6 Å². The van der Waals surface area contributed by atoms with Crippen molar-refractivity contribution in [3.05, 3.63) is 77.5 Å². The quantitative estimate of drug-likeness (QED) is 0.592. The summed E-state index contributed by atoms with van der Waals surface area (Å²) < 4.78 is 30.0. The molecule has 2 fully saturated rings. The first kappa shape index (κ1) is 21.4. The van der Waals surface area contributed by atoms with Crippen LogP contribution in [0.15, 0.2) is 54.6 Å². The maximum Gasteiger partial charge on any atom is 0.255 e. The predicted molar refractivity (Wildman–Crippen MR) is 121 cm³/mol. The lowest BCUT2D eigenvalue weighted by atomic mass is 10.1. The van der Waals surface area contributed by atoms with Crippen LogP contribution in [0.1, 0.15) is 28.9 Å². The Bertz CT molecular complexity index is 1210. The highest BCUT2D eigenvalue weighted by atomic mass is 19.1. The molecular weight excluding hydrogens is 424 g/mol. The number of carbonyl (C=O) groups is 2. The second-order valence-electron chi connectivity index (χ2n) is 8.72. The summed E-state index contributed by atoms with van der Waals surface area (Å²) >= 11 is 0. The molecule has 1 saturated carbocycles. The molecule has 2 amide bonds. The minimum Gasteiger partial charge on any atom is -0.339 e. The van der Waals surface area contributed by atoms with Gasteiger partial charge < -0.3 is 14.4 Å². The molecule has 2 heterocycles. The second-order valence-corrected chi connectivity index (χ2v) is 8.72. The van der Waals surface area contributed by atoms with Crippen molar-refractivity contribution in [1.29, 1.82) is 0 Å². The molecule has 170 valence electrons. The van der Waals surface area contributed by atoms with E-state index in [9.17, 15) is 18.4 Å². The average Bonchev–Trinajstić information content (AvgIpc) is 3.62. The van der Waals surface area contributed by atoms with E-state index in [2.05, 4.69) is 0 Å². The zero-order valence-corrected chi connectivity index (χ0v) is 18.4. The molecule has 2 aromatic carbocycles. The van der Waals surface area contributed by atoms with Crippen LogP contribution in [0.4, 0.5) is 8.78 Å². The van der Waals surface area contributed by atoms with E-state index in [4.69, 9.17) is 0 Å². The highest BCUT2D eigenvalue weighted by Crippen LogP contribution is 2.33. The lowest BCUT2D eigenvalue weighted by molar-refractivity contribution is -0.134. The normalized spacial score (nSPS) is 16.2. The number of piperazine rings is 1. The standard InChI is InChI=1S/C26H25F2N3O2/c1-17-21(26(33)30-13-11-29(12-14-30)25(32)19-7-8-19)16-24(18-5-3-2-4-6-18)31(17)23-10-9-20(27)15-22(23)28/h2-6,9-10,15-16,19H,7-8,11-14H2,1H3. The Balaban J connectivity index is 1.49. The Morgan fingerprint density at radius 2 is 1.55 bits per heavy atom. The molecule has 1 aromatic heterocycles. The summed E-state index contributed by atoms with van der Waals surface area (Å²) in [5.74, 6) is -1.14. The summed E-state index contributed by atoms with van der Waals surface area (Å²) in [6, 6.07) is 14.6. The van der Waals surface area contributed by atoms with Crippen molar-refractivity contribution in [2.45, 2.75) is 19.8 Å². The van der Waals surface area contributed by atoms with Crippen molar-refractivity contribution >= 4 is 11.8 Å². The first-order valence-corrected chi connectivity index (χ1v) is 11.3. The highest BCUT2D eigenvalue weighted by molar-refractivity contribution is 5.97. The number of hydrogen-bond donors (Lipinski definition) is 0. The van der Waals surface area contributed by atoms with Crippen molar-refractivity contribution in [3.8, 4) is 16.9 Å². The van der Waals surface area contributed by atoms with Crippen LogP contribution < -0.4 is 0 Å². The molecule has 1 saturated heterocycles. The van der Waals surface area contributed by atoms with Crippen LogP contribution >= 0.6 is 0 Å². The van der Waals surface area contributed by atoms with E-state index in [1.807, 2.05) is 35.2 Å². The van der Waals surface area contributed by atoms with E-state index >= 15 is 0 Å². The maximum absolute atomic E-state index is 14.8. The SMILES string of the molecule is Cc1c(C(=O)N2CCN(C(=O)C3CC3)CC2)cc(-c2ccccc2)n1-c1ccc(F)cc1F. The fourth-order valence-electron chi connectivity index (χ4n) is 4.51. The van der Waals surface area contributed by atoms with E-state index in [1.165, 1.54) is 12.1 Å². The third-order valence-corrected chi connectivity index (χ3v) is 6.50. The van der Waals surface area contributed by atoms with E-state index < -0.39 is 11.6 Å². The number of benzene rings is 2. The molecule has 1 aliphatic carbocycles. The smallest absolute Gasteiger partial charge is 0.255 e. The molecule has 0 unspecified atom stereocenters. The minimum atomic E-state index is -0.697. The summed E-state index contributed by atoms with van der Waals surface area (Å²) in [5, 5.41) is 0. The van der Waals surface area contributed by atoms with Gasteiger partial charge in [-0.3, -0.25) is 9.59 Å². The molecule has 0 bridgehead atoms. The van der Waals surface area contributed by atoms with Crippen molar-refractivity contribution in [3.63, 3.8) is 0 Å². The molecule has 7 heteroatoms. The largest absolute Gasteiger partial charge is 0.339 e. The van der Waals surface area contributed by atoms with E-state index in [1.54, 1.807) is 22.5 Å². The molecule has 0 radical (unpaired) electrons.